The molecule has 4 nitrogen and oxygen atoms in total. The molecule has 0 saturated heterocycles. The number of hydrogen-bond donors (Lipinski definition) is 2. The van der Waals surface area contributed by atoms with Crippen molar-refractivity contribution in [2.75, 3.05) is 19.6 Å². The lowest BCUT2D eigenvalue weighted by Crippen LogP contribution is -2.32. The summed E-state index contributed by atoms with van der Waals surface area (Å²) in [5.74, 6) is 0. The van der Waals surface area contributed by atoms with Gasteiger partial charge in [0.1, 0.15) is 0 Å². The van der Waals surface area contributed by atoms with Crippen LogP contribution < -0.4 is 10.0 Å². The number of benzene rings is 1. The van der Waals surface area contributed by atoms with Crippen LogP contribution >= 0.6 is 11.6 Å². The Hall–Kier alpha value is -0.620. The summed E-state index contributed by atoms with van der Waals surface area (Å²) >= 11 is 5.70. The minimum Gasteiger partial charge on any atom is -0.315 e. The molecule has 6 heteroatoms. The first kappa shape index (κ1) is 14.4. The fourth-order valence-corrected chi connectivity index (χ4v) is 2.43. The highest BCUT2D eigenvalue weighted by Crippen LogP contribution is 2.13. The number of nitrogens with one attached hydrogen (secondary N) is 2. The molecule has 0 aliphatic carbocycles. The molecular weight excluding hydrogens is 260 g/mol. The highest BCUT2D eigenvalue weighted by atomic mass is 35.5. The van der Waals surface area contributed by atoms with Crippen LogP contribution in [0.15, 0.2) is 29.2 Å². The van der Waals surface area contributed by atoms with Gasteiger partial charge in [-0.2, -0.15) is 0 Å². The molecule has 0 aromatic heterocycles. The van der Waals surface area contributed by atoms with Gasteiger partial charge in [0, 0.05) is 18.1 Å². The Morgan fingerprint density at radius 2 is 1.76 bits per heavy atom. The first-order chi connectivity index (χ1) is 8.06. The second-order valence-corrected chi connectivity index (χ2v) is 5.81. The molecular formula is C11H17ClN2O2S. The van der Waals surface area contributed by atoms with E-state index in [1.54, 1.807) is 12.1 Å². The number of halogens is 1. The summed E-state index contributed by atoms with van der Waals surface area (Å²) in [7, 11) is -3.41. The van der Waals surface area contributed by atoms with Crippen LogP contribution in [0.25, 0.3) is 0 Å². The molecule has 0 unspecified atom stereocenters. The Bertz CT molecular complexity index is 431. The van der Waals surface area contributed by atoms with Gasteiger partial charge in [0.2, 0.25) is 10.0 Å². The summed E-state index contributed by atoms with van der Waals surface area (Å²) in [6.07, 6.45) is 1.03. The summed E-state index contributed by atoms with van der Waals surface area (Å²) in [5.41, 5.74) is 0. The van der Waals surface area contributed by atoms with Gasteiger partial charge in [-0.25, -0.2) is 13.1 Å². The molecule has 1 aromatic carbocycles. The maximum absolute atomic E-state index is 11.8. The third-order valence-electron chi connectivity index (χ3n) is 2.14. The van der Waals surface area contributed by atoms with E-state index in [0.717, 1.165) is 13.0 Å². The van der Waals surface area contributed by atoms with Crippen molar-refractivity contribution in [3.8, 4) is 0 Å². The molecule has 0 heterocycles. The molecule has 17 heavy (non-hydrogen) atoms. The van der Waals surface area contributed by atoms with Crippen LogP contribution in [0.1, 0.15) is 13.3 Å². The first-order valence-corrected chi connectivity index (χ1v) is 7.38. The lowest BCUT2D eigenvalue weighted by molar-refractivity contribution is 0.575. The molecule has 0 atom stereocenters. The summed E-state index contributed by atoms with van der Waals surface area (Å²) in [6.45, 7) is 3.96. The summed E-state index contributed by atoms with van der Waals surface area (Å²) in [5, 5.41) is 3.64. The molecule has 2 N–H and O–H groups in total. The molecule has 0 fully saturated rings. The monoisotopic (exact) mass is 276 g/mol. The largest absolute Gasteiger partial charge is 0.315 e. The number of hydrogen-bond acceptors (Lipinski definition) is 3. The average molecular weight is 277 g/mol. The van der Waals surface area contributed by atoms with Crippen LogP contribution in [-0.4, -0.2) is 28.1 Å². The Morgan fingerprint density at radius 3 is 2.35 bits per heavy atom. The summed E-state index contributed by atoms with van der Waals surface area (Å²) in [4.78, 5) is 0.234. The highest BCUT2D eigenvalue weighted by Gasteiger charge is 2.12. The smallest absolute Gasteiger partial charge is 0.240 e. The van der Waals surface area contributed by atoms with E-state index in [-0.39, 0.29) is 4.90 Å². The molecule has 0 saturated carbocycles. The fourth-order valence-electron chi connectivity index (χ4n) is 1.27. The Kier molecular flexibility index (Phi) is 5.91. The Balaban J connectivity index is 2.48. The van der Waals surface area contributed by atoms with E-state index in [9.17, 15) is 8.42 Å². The van der Waals surface area contributed by atoms with Crippen molar-refractivity contribution in [3.05, 3.63) is 29.3 Å². The standard InChI is InChI=1S/C11H17ClN2O2S/c1-2-7-13-8-9-14-17(15,16)11-5-3-10(12)4-6-11/h3-6,13-14H,2,7-9H2,1H3. The lowest BCUT2D eigenvalue weighted by Gasteiger charge is -2.07. The molecule has 0 bridgehead atoms. The average Bonchev–Trinajstić information content (AvgIpc) is 2.29. The van der Waals surface area contributed by atoms with Gasteiger partial charge in [0.15, 0.2) is 0 Å². The van der Waals surface area contributed by atoms with Crippen LogP contribution in [-0.2, 0) is 10.0 Å². The van der Waals surface area contributed by atoms with E-state index in [1.807, 2.05) is 0 Å². The third-order valence-corrected chi connectivity index (χ3v) is 3.87. The molecule has 0 aliphatic heterocycles. The van der Waals surface area contributed by atoms with E-state index < -0.39 is 10.0 Å². The van der Waals surface area contributed by atoms with Crippen molar-refractivity contribution in [1.29, 1.82) is 0 Å². The SMILES string of the molecule is CCCNCCNS(=O)(=O)c1ccc(Cl)cc1. The molecule has 1 aromatic rings. The molecule has 0 spiro atoms. The van der Waals surface area contributed by atoms with Crippen LogP contribution in [0.5, 0.6) is 0 Å². The van der Waals surface area contributed by atoms with Gasteiger partial charge >= 0.3 is 0 Å². The Labute approximate surface area is 107 Å². The normalized spacial score (nSPS) is 11.6. The highest BCUT2D eigenvalue weighted by molar-refractivity contribution is 7.89. The van der Waals surface area contributed by atoms with Crippen LogP contribution in [0.4, 0.5) is 0 Å². The molecule has 0 aliphatic rings. The zero-order chi connectivity index (χ0) is 12.7. The minimum absolute atomic E-state index is 0.234. The summed E-state index contributed by atoms with van der Waals surface area (Å²) < 4.78 is 26.1. The van der Waals surface area contributed by atoms with E-state index in [4.69, 9.17) is 11.6 Å². The van der Waals surface area contributed by atoms with Gasteiger partial charge in [0.25, 0.3) is 0 Å². The van der Waals surface area contributed by atoms with Gasteiger partial charge < -0.3 is 5.32 Å². The van der Waals surface area contributed by atoms with Crippen molar-refractivity contribution in [3.63, 3.8) is 0 Å². The first-order valence-electron chi connectivity index (χ1n) is 5.52. The zero-order valence-electron chi connectivity index (χ0n) is 9.74. The third kappa shape index (κ3) is 5.04. The van der Waals surface area contributed by atoms with Gasteiger partial charge in [-0.1, -0.05) is 18.5 Å². The predicted octanol–water partition coefficient (Wildman–Crippen LogP) is 1.62. The van der Waals surface area contributed by atoms with E-state index in [1.165, 1.54) is 12.1 Å². The second kappa shape index (κ2) is 6.96. The van der Waals surface area contributed by atoms with Crippen molar-refractivity contribution >= 4 is 21.6 Å². The van der Waals surface area contributed by atoms with Crippen molar-refractivity contribution in [2.24, 2.45) is 0 Å². The van der Waals surface area contributed by atoms with Crippen LogP contribution in [0.3, 0.4) is 0 Å². The molecule has 0 radical (unpaired) electrons. The topological polar surface area (TPSA) is 58.2 Å². The predicted molar refractivity (Wildman–Crippen MR) is 69.8 cm³/mol. The maximum Gasteiger partial charge on any atom is 0.240 e. The molecule has 96 valence electrons. The Morgan fingerprint density at radius 1 is 1.12 bits per heavy atom. The molecule has 1 rings (SSSR count). The maximum atomic E-state index is 11.8. The van der Waals surface area contributed by atoms with Crippen molar-refractivity contribution in [2.45, 2.75) is 18.2 Å². The van der Waals surface area contributed by atoms with Crippen LogP contribution in [0, 0.1) is 0 Å². The lowest BCUT2D eigenvalue weighted by atomic mass is 10.4. The summed E-state index contributed by atoms with van der Waals surface area (Å²) in [6, 6.07) is 6.10. The van der Waals surface area contributed by atoms with Gasteiger partial charge in [0.05, 0.1) is 4.90 Å². The number of rotatable bonds is 7. The van der Waals surface area contributed by atoms with Crippen molar-refractivity contribution in [1.82, 2.24) is 10.0 Å². The fraction of sp³-hybridized carbons (Fsp3) is 0.455. The second-order valence-electron chi connectivity index (χ2n) is 3.60. The van der Waals surface area contributed by atoms with Gasteiger partial charge in [-0.15, -0.1) is 0 Å². The van der Waals surface area contributed by atoms with Crippen molar-refractivity contribution < 1.29 is 8.42 Å². The quantitative estimate of drug-likeness (QED) is 0.744. The van der Waals surface area contributed by atoms with Gasteiger partial charge in [-0.05, 0) is 37.2 Å². The van der Waals surface area contributed by atoms with E-state index in [2.05, 4.69) is 17.0 Å². The number of sulfonamides is 1. The minimum atomic E-state index is -3.41. The molecule has 0 amide bonds. The van der Waals surface area contributed by atoms with Crippen LogP contribution in [0.2, 0.25) is 5.02 Å². The van der Waals surface area contributed by atoms with E-state index >= 15 is 0 Å². The van der Waals surface area contributed by atoms with E-state index in [0.29, 0.717) is 18.1 Å². The van der Waals surface area contributed by atoms with Gasteiger partial charge in [-0.3, -0.25) is 0 Å². The zero-order valence-corrected chi connectivity index (χ0v) is 11.3.